The van der Waals surface area contributed by atoms with Crippen LogP contribution < -0.4 is 16.4 Å². The highest BCUT2D eigenvalue weighted by atomic mass is 16.4. The van der Waals surface area contributed by atoms with Crippen molar-refractivity contribution < 1.29 is 19.5 Å². The van der Waals surface area contributed by atoms with Gasteiger partial charge in [-0.2, -0.15) is 0 Å². The van der Waals surface area contributed by atoms with Gasteiger partial charge in [-0.25, -0.2) is 4.79 Å². The predicted molar refractivity (Wildman–Crippen MR) is 68.1 cm³/mol. The summed E-state index contributed by atoms with van der Waals surface area (Å²) in [6.45, 7) is 3.04. The molecule has 0 aromatic carbocycles. The zero-order valence-corrected chi connectivity index (χ0v) is 11.0. The summed E-state index contributed by atoms with van der Waals surface area (Å²) in [5.41, 5.74) is 6.04. The minimum atomic E-state index is -1.06. The van der Waals surface area contributed by atoms with Crippen LogP contribution in [0.25, 0.3) is 0 Å². The van der Waals surface area contributed by atoms with Gasteiger partial charge in [0, 0.05) is 25.0 Å². The molecular formula is C12H19N3O4. The molecule has 0 bridgehead atoms. The van der Waals surface area contributed by atoms with Crippen LogP contribution in [0.2, 0.25) is 0 Å². The molecule has 0 unspecified atom stereocenters. The quantitative estimate of drug-likeness (QED) is 0.528. The van der Waals surface area contributed by atoms with Crippen LogP contribution in [-0.4, -0.2) is 41.0 Å². The first-order chi connectivity index (χ1) is 8.85. The maximum Gasteiger partial charge on any atom is 0.331 e. The Kier molecular flexibility index (Phi) is 5.05. The Morgan fingerprint density at radius 3 is 2.53 bits per heavy atom. The summed E-state index contributed by atoms with van der Waals surface area (Å²) >= 11 is 0. The predicted octanol–water partition coefficient (Wildman–Crippen LogP) is -0.872. The van der Waals surface area contributed by atoms with Gasteiger partial charge in [0.2, 0.25) is 11.8 Å². The van der Waals surface area contributed by atoms with Crippen LogP contribution >= 0.6 is 0 Å². The van der Waals surface area contributed by atoms with E-state index in [0.29, 0.717) is 0 Å². The van der Waals surface area contributed by atoms with Gasteiger partial charge < -0.3 is 21.5 Å². The van der Waals surface area contributed by atoms with E-state index in [2.05, 4.69) is 10.6 Å². The molecule has 0 aliphatic heterocycles. The van der Waals surface area contributed by atoms with Crippen LogP contribution in [0.1, 0.15) is 26.7 Å². The fourth-order valence-corrected chi connectivity index (χ4v) is 2.05. The van der Waals surface area contributed by atoms with E-state index >= 15 is 0 Å². The smallest absolute Gasteiger partial charge is 0.331 e. The second-order valence-corrected chi connectivity index (χ2v) is 4.54. The number of hydrogen-bond donors (Lipinski definition) is 4. The maximum atomic E-state index is 11.5. The van der Waals surface area contributed by atoms with Gasteiger partial charge in [0.05, 0.1) is 12.1 Å². The molecule has 2 amide bonds. The maximum absolute atomic E-state index is 11.5. The molecule has 1 rings (SSSR count). The third-order valence-electron chi connectivity index (χ3n) is 2.98. The van der Waals surface area contributed by atoms with Crippen molar-refractivity contribution in [2.24, 2.45) is 5.73 Å². The number of hydrogen-bond acceptors (Lipinski definition) is 4. The summed E-state index contributed by atoms with van der Waals surface area (Å²) in [7, 11) is 0. The van der Waals surface area contributed by atoms with Crippen molar-refractivity contribution in [2.45, 2.75) is 44.8 Å². The molecule has 19 heavy (non-hydrogen) atoms. The van der Waals surface area contributed by atoms with Gasteiger partial charge >= 0.3 is 5.97 Å². The molecule has 0 aromatic heterocycles. The van der Waals surface area contributed by atoms with E-state index in [0.717, 1.165) is 0 Å². The largest absolute Gasteiger partial charge is 0.478 e. The van der Waals surface area contributed by atoms with E-state index in [1.807, 2.05) is 0 Å². The molecule has 7 nitrogen and oxygen atoms in total. The number of carboxylic acid groups (broad SMARTS) is 1. The van der Waals surface area contributed by atoms with Gasteiger partial charge in [0.1, 0.15) is 0 Å². The molecule has 0 saturated carbocycles. The molecule has 1 aliphatic carbocycles. The summed E-state index contributed by atoms with van der Waals surface area (Å²) in [5.74, 6) is -1.56. The Labute approximate surface area is 111 Å². The van der Waals surface area contributed by atoms with Crippen molar-refractivity contribution in [3.8, 4) is 0 Å². The van der Waals surface area contributed by atoms with Gasteiger partial charge in [-0.05, 0) is 12.5 Å². The Balaban J connectivity index is 2.97. The summed E-state index contributed by atoms with van der Waals surface area (Å²) in [6, 6.07) is -1.66. The average molecular weight is 269 g/mol. The van der Waals surface area contributed by atoms with Gasteiger partial charge in [-0.1, -0.05) is 6.92 Å². The third kappa shape index (κ3) is 4.06. The molecular weight excluding hydrogens is 250 g/mol. The highest BCUT2D eigenvalue weighted by Gasteiger charge is 2.34. The second kappa shape index (κ2) is 6.33. The van der Waals surface area contributed by atoms with Crippen molar-refractivity contribution >= 4 is 17.8 Å². The lowest BCUT2D eigenvalue weighted by molar-refractivity contribution is -0.133. The van der Waals surface area contributed by atoms with E-state index < -0.39 is 24.1 Å². The zero-order chi connectivity index (χ0) is 14.6. The van der Waals surface area contributed by atoms with E-state index in [1.54, 1.807) is 6.92 Å². The van der Waals surface area contributed by atoms with Crippen molar-refractivity contribution in [1.29, 1.82) is 0 Å². The second-order valence-electron chi connectivity index (χ2n) is 4.54. The van der Waals surface area contributed by atoms with Gasteiger partial charge in [0.25, 0.3) is 0 Å². The molecule has 0 fully saturated rings. The number of carbonyl (C=O) groups excluding carboxylic acids is 2. The SMILES string of the molecule is CCC(=O)N[C@@H]1C=C(C(=O)O)C[C@@H](N)[C@H]1NC(C)=O. The first kappa shape index (κ1) is 15.2. The molecule has 3 atom stereocenters. The van der Waals surface area contributed by atoms with Crippen LogP contribution in [0.4, 0.5) is 0 Å². The Morgan fingerprint density at radius 2 is 2.05 bits per heavy atom. The molecule has 0 aromatic rings. The van der Waals surface area contributed by atoms with Crippen molar-refractivity contribution in [3.63, 3.8) is 0 Å². The fraction of sp³-hybridized carbons (Fsp3) is 0.583. The van der Waals surface area contributed by atoms with E-state index in [-0.39, 0.29) is 30.2 Å². The summed E-state index contributed by atoms with van der Waals surface area (Å²) in [4.78, 5) is 33.6. The minimum Gasteiger partial charge on any atom is -0.478 e. The fourth-order valence-electron chi connectivity index (χ4n) is 2.05. The molecule has 0 heterocycles. The number of amides is 2. The topological polar surface area (TPSA) is 122 Å². The molecule has 0 spiro atoms. The number of carbonyl (C=O) groups is 3. The number of aliphatic carboxylic acids is 1. The molecule has 5 N–H and O–H groups in total. The Morgan fingerprint density at radius 1 is 1.42 bits per heavy atom. The van der Waals surface area contributed by atoms with E-state index in [9.17, 15) is 14.4 Å². The highest BCUT2D eigenvalue weighted by molar-refractivity contribution is 5.87. The van der Waals surface area contributed by atoms with Crippen LogP contribution in [0.3, 0.4) is 0 Å². The normalized spacial score (nSPS) is 26.3. The number of nitrogens with one attached hydrogen (secondary N) is 2. The Bertz CT molecular complexity index is 419. The van der Waals surface area contributed by atoms with Crippen LogP contribution in [-0.2, 0) is 14.4 Å². The zero-order valence-electron chi connectivity index (χ0n) is 11.0. The van der Waals surface area contributed by atoms with Crippen molar-refractivity contribution in [2.75, 3.05) is 0 Å². The van der Waals surface area contributed by atoms with Gasteiger partial charge in [0.15, 0.2) is 0 Å². The lowest BCUT2D eigenvalue weighted by atomic mass is 9.86. The third-order valence-corrected chi connectivity index (χ3v) is 2.98. The number of nitrogens with two attached hydrogens (primary N) is 1. The van der Waals surface area contributed by atoms with Crippen LogP contribution in [0.15, 0.2) is 11.6 Å². The first-order valence-electron chi connectivity index (χ1n) is 6.11. The molecule has 7 heteroatoms. The summed E-state index contributed by atoms with van der Waals surface area (Å²) in [5, 5.41) is 14.3. The standard InChI is InChI=1S/C12H19N3O4/c1-3-10(17)15-9-5-7(12(18)19)4-8(13)11(9)14-6(2)16/h5,8-9,11H,3-4,13H2,1-2H3,(H,14,16)(H,15,17)(H,18,19)/t8-,9-,11-/m1/s1. The lowest BCUT2D eigenvalue weighted by Gasteiger charge is -2.35. The van der Waals surface area contributed by atoms with E-state index in [1.165, 1.54) is 13.0 Å². The van der Waals surface area contributed by atoms with Crippen molar-refractivity contribution in [1.82, 2.24) is 10.6 Å². The molecule has 0 radical (unpaired) electrons. The minimum absolute atomic E-state index is 0.149. The van der Waals surface area contributed by atoms with Crippen molar-refractivity contribution in [3.05, 3.63) is 11.6 Å². The molecule has 106 valence electrons. The van der Waals surface area contributed by atoms with Gasteiger partial charge in [-0.3, -0.25) is 9.59 Å². The molecule has 0 saturated heterocycles. The number of rotatable bonds is 4. The monoisotopic (exact) mass is 269 g/mol. The highest BCUT2D eigenvalue weighted by Crippen LogP contribution is 2.18. The van der Waals surface area contributed by atoms with Gasteiger partial charge in [-0.15, -0.1) is 0 Å². The van der Waals surface area contributed by atoms with E-state index in [4.69, 9.17) is 10.8 Å². The average Bonchev–Trinajstić information content (AvgIpc) is 2.32. The summed E-state index contributed by atoms with van der Waals surface area (Å²) in [6.07, 6.45) is 1.87. The van der Waals surface area contributed by atoms with Crippen LogP contribution in [0, 0.1) is 0 Å². The number of carboxylic acids is 1. The first-order valence-corrected chi connectivity index (χ1v) is 6.11. The van der Waals surface area contributed by atoms with Crippen LogP contribution in [0.5, 0.6) is 0 Å². The Hall–Kier alpha value is -1.89. The lowest BCUT2D eigenvalue weighted by Crippen LogP contribution is -2.60. The summed E-state index contributed by atoms with van der Waals surface area (Å²) < 4.78 is 0. The molecule has 1 aliphatic rings.